The molecule has 0 spiro atoms. The summed E-state index contributed by atoms with van der Waals surface area (Å²) in [7, 11) is 1.68. The second kappa shape index (κ2) is 8.19. The van der Waals surface area contributed by atoms with Crippen LogP contribution in [0, 0.1) is 4.77 Å². The molecule has 2 atom stereocenters. The SMILES string of the molecule is CC[C@H]1c2ccsc2CC[NH+]1Cn1nc(-c2ccc(OC)cc2)n(CC)c1=S. The van der Waals surface area contributed by atoms with Gasteiger partial charge in [0, 0.05) is 35.4 Å². The van der Waals surface area contributed by atoms with Gasteiger partial charge < -0.3 is 14.2 Å². The van der Waals surface area contributed by atoms with Gasteiger partial charge >= 0.3 is 0 Å². The molecule has 1 unspecified atom stereocenters. The maximum absolute atomic E-state index is 5.79. The topological polar surface area (TPSA) is 36.4 Å². The second-order valence-electron chi connectivity index (χ2n) is 7.15. The van der Waals surface area contributed by atoms with Crippen LogP contribution in [0.2, 0.25) is 0 Å². The highest BCUT2D eigenvalue weighted by molar-refractivity contribution is 7.71. The van der Waals surface area contributed by atoms with Crippen molar-refractivity contribution in [3.05, 3.63) is 50.9 Å². The van der Waals surface area contributed by atoms with E-state index in [1.165, 1.54) is 5.56 Å². The summed E-state index contributed by atoms with van der Waals surface area (Å²) in [5, 5.41) is 7.16. The number of nitrogens with zero attached hydrogens (tertiary/aromatic N) is 3. The van der Waals surface area contributed by atoms with Gasteiger partial charge in [0.1, 0.15) is 11.8 Å². The first-order chi connectivity index (χ1) is 13.7. The summed E-state index contributed by atoms with van der Waals surface area (Å²) in [5.41, 5.74) is 2.58. The maximum Gasteiger partial charge on any atom is 0.203 e. The lowest BCUT2D eigenvalue weighted by Crippen LogP contribution is -3.12. The van der Waals surface area contributed by atoms with E-state index in [1.807, 2.05) is 40.3 Å². The molecular formula is C21H27N4OS2+. The van der Waals surface area contributed by atoms with Crippen LogP contribution in [-0.2, 0) is 19.6 Å². The van der Waals surface area contributed by atoms with Crippen LogP contribution in [0.15, 0.2) is 35.7 Å². The Morgan fingerprint density at radius 3 is 2.71 bits per heavy atom. The van der Waals surface area contributed by atoms with Crippen molar-refractivity contribution in [1.29, 1.82) is 0 Å². The van der Waals surface area contributed by atoms with E-state index in [0.717, 1.165) is 54.5 Å². The lowest BCUT2D eigenvalue weighted by Gasteiger charge is -2.31. The fraction of sp³-hybridized carbons (Fsp3) is 0.429. The molecule has 7 heteroatoms. The third kappa shape index (κ3) is 3.43. The second-order valence-corrected chi connectivity index (χ2v) is 8.52. The van der Waals surface area contributed by atoms with Gasteiger partial charge in [-0.25, -0.2) is 0 Å². The number of benzene rings is 1. The number of hydrogen-bond donors (Lipinski definition) is 1. The summed E-state index contributed by atoms with van der Waals surface area (Å²) in [6, 6.07) is 10.9. The molecule has 3 heterocycles. The van der Waals surface area contributed by atoms with Crippen molar-refractivity contribution in [2.24, 2.45) is 0 Å². The van der Waals surface area contributed by atoms with Crippen molar-refractivity contribution in [1.82, 2.24) is 14.3 Å². The third-order valence-corrected chi connectivity index (χ3v) is 7.10. The van der Waals surface area contributed by atoms with Crippen LogP contribution < -0.4 is 9.64 Å². The Bertz CT molecular complexity index is 1000. The fourth-order valence-corrected chi connectivity index (χ4v) is 5.47. The summed E-state index contributed by atoms with van der Waals surface area (Å²) in [4.78, 5) is 3.10. The molecule has 0 saturated carbocycles. The first-order valence-corrected chi connectivity index (χ1v) is 11.2. The normalized spacial score (nSPS) is 18.8. The van der Waals surface area contributed by atoms with Crippen LogP contribution in [0.5, 0.6) is 5.75 Å². The average molecular weight is 416 g/mol. The van der Waals surface area contributed by atoms with Gasteiger partial charge in [0.05, 0.1) is 13.7 Å². The molecule has 4 rings (SSSR count). The minimum absolute atomic E-state index is 0.521. The van der Waals surface area contributed by atoms with Gasteiger partial charge in [-0.3, -0.25) is 0 Å². The number of hydrogen-bond acceptors (Lipinski definition) is 4. The zero-order valence-corrected chi connectivity index (χ0v) is 18.3. The summed E-state index contributed by atoms with van der Waals surface area (Å²) >= 11 is 7.69. The van der Waals surface area contributed by atoms with E-state index in [4.69, 9.17) is 22.1 Å². The standard InChI is InChI=1S/C21H26N4OS2/c1-4-18-17-11-13-28-19(17)10-12-23(18)14-25-21(27)24(5-2)20(22-25)15-6-8-16(26-3)9-7-15/h6-9,11,13,18H,4-5,10,12,14H2,1-3H3/p+1/t18-/m0/s1. The highest BCUT2D eigenvalue weighted by Gasteiger charge is 2.31. The minimum atomic E-state index is 0.521. The molecule has 148 valence electrons. The van der Waals surface area contributed by atoms with Gasteiger partial charge in [-0.05, 0) is 54.9 Å². The Kier molecular flexibility index (Phi) is 5.66. The highest BCUT2D eigenvalue weighted by Crippen LogP contribution is 2.27. The molecule has 0 radical (unpaired) electrons. The summed E-state index contributed by atoms with van der Waals surface area (Å²) < 4.78 is 10.2. The van der Waals surface area contributed by atoms with Crippen LogP contribution in [0.3, 0.4) is 0 Å². The molecule has 5 nitrogen and oxygen atoms in total. The Balaban J connectivity index is 1.65. The number of thiophene rings is 1. The van der Waals surface area contributed by atoms with E-state index in [1.54, 1.807) is 16.9 Å². The van der Waals surface area contributed by atoms with E-state index in [-0.39, 0.29) is 0 Å². The largest absolute Gasteiger partial charge is 0.497 e. The number of fused-ring (bicyclic) bond motifs is 1. The molecule has 0 amide bonds. The summed E-state index contributed by atoms with van der Waals surface area (Å²) in [5.74, 6) is 1.77. The fourth-order valence-electron chi connectivity index (χ4n) is 4.21. The number of aromatic nitrogens is 3. The summed E-state index contributed by atoms with van der Waals surface area (Å²) in [6.45, 7) is 7.15. The first kappa shape index (κ1) is 19.4. The van der Waals surface area contributed by atoms with Gasteiger partial charge in [-0.15, -0.1) is 16.4 Å². The minimum Gasteiger partial charge on any atom is -0.497 e. The lowest BCUT2D eigenvalue weighted by molar-refractivity contribution is -0.956. The zero-order chi connectivity index (χ0) is 19.7. The molecule has 3 aromatic rings. The molecule has 0 aliphatic carbocycles. The monoisotopic (exact) mass is 415 g/mol. The lowest BCUT2D eigenvalue weighted by atomic mass is 9.98. The number of rotatable bonds is 6. The van der Waals surface area contributed by atoms with Gasteiger partial charge in [0.15, 0.2) is 12.5 Å². The van der Waals surface area contributed by atoms with Crippen molar-refractivity contribution >= 4 is 23.6 Å². The highest BCUT2D eigenvalue weighted by atomic mass is 32.1. The molecule has 0 bridgehead atoms. The number of ether oxygens (including phenoxy) is 1. The molecule has 1 aliphatic heterocycles. The molecule has 2 aromatic heterocycles. The van der Waals surface area contributed by atoms with Gasteiger partial charge in [-0.1, -0.05) is 6.92 Å². The Labute approximate surface area is 175 Å². The van der Waals surface area contributed by atoms with Crippen LogP contribution in [0.4, 0.5) is 0 Å². The third-order valence-electron chi connectivity index (χ3n) is 5.67. The first-order valence-electron chi connectivity index (χ1n) is 9.89. The van der Waals surface area contributed by atoms with E-state index in [0.29, 0.717) is 6.04 Å². The molecule has 1 N–H and O–H groups in total. The quantitative estimate of drug-likeness (QED) is 0.624. The van der Waals surface area contributed by atoms with Crippen molar-refractivity contribution in [3.8, 4) is 17.1 Å². The molecule has 0 saturated heterocycles. The van der Waals surface area contributed by atoms with Gasteiger partial charge in [0.2, 0.25) is 4.77 Å². The molecular weight excluding hydrogens is 388 g/mol. The van der Waals surface area contributed by atoms with Crippen LogP contribution in [0.25, 0.3) is 11.4 Å². The van der Waals surface area contributed by atoms with Crippen molar-refractivity contribution in [2.45, 2.75) is 45.9 Å². The van der Waals surface area contributed by atoms with Crippen molar-refractivity contribution < 1.29 is 9.64 Å². The van der Waals surface area contributed by atoms with Crippen molar-refractivity contribution in [2.75, 3.05) is 13.7 Å². The number of quaternary nitrogens is 1. The zero-order valence-electron chi connectivity index (χ0n) is 16.6. The van der Waals surface area contributed by atoms with Crippen LogP contribution in [-0.4, -0.2) is 28.0 Å². The predicted molar refractivity (Wildman–Crippen MR) is 116 cm³/mol. The molecule has 28 heavy (non-hydrogen) atoms. The maximum atomic E-state index is 5.79. The average Bonchev–Trinajstić information content (AvgIpc) is 3.32. The smallest absolute Gasteiger partial charge is 0.203 e. The van der Waals surface area contributed by atoms with E-state index >= 15 is 0 Å². The molecule has 1 aromatic carbocycles. The van der Waals surface area contributed by atoms with Crippen LogP contribution in [0.1, 0.15) is 36.8 Å². The number of methoxy groups -OCH3 is 1. The van der Waals surface area contributed by atoms with E-state index < -0.39 is 0 Å². The van der Waals surface area contributed by atoms with E-state index in [2.05, 4.69) is 29.9 Å². The van der Waals surface area contributed by atoms with Gasteiger partial charge in [0.25, 0.3) is 0 Å². The summed E-state index contributed by atoms with van der Waals surface area (Å²) in [6.07, 6.45) is 2.28. The Morgan fingerprint density at radius 2 is 2.04 bits per heavy atom. The van der Waals surface area contributed by atoms with Gasteiger partial charge in [-0.2, -0.15) is 4.68 Å². The molecule has 1 aliphatic rings. The van der Waals surface area contributed by atoms with Crippen LogP contribution >= 0.6 is 23.6 Å². The Morgan fingerprint density at radius 1 is 1.25 bits per heavy atom. The van der Waals surface area contributed by atoms with E-state index in [9.17, 15) is 0 Å². The van der Waals surface area contributed by atoms with Crippen molar-refractivity contribution in [3.63, 3.8) is 0 Å². The Hall–Kier alpha value is -1.96. The molecule has 0 fully saturated rings. The predicted octanol–water partition coefficient (Wildman–Crippen LogP) is 3.72. The number of nitrogens with one attached hydrogen (secondary N) is 1.